The second-order valence-electron chi connectivity index (χ2n) is 5.39. The Kier molecular flexibility index (Phi) is 10.3. The summed E-state index contributed by atoms with van der Waals surface area (Å²) >= 11 is 0. The van der Waals surface area contributed by atoms with Gasteiger partial charge in [0.05, 0.1) is 6.61 Å². The van der Waals surface area contributed by atoms with Gasteiger partial charge in [-0.2, -0.15) is 0 Å². The first-order chi connectivity index (χ1) is 8.10. The van der Waals surface area contributed by atoms with Gasteiger partial charge in [-0.3, -0.25) is 4.79 Å². The smallest absolute Gasteiger partial charge is 0.305 e. The van der Waals surface area contributed by atoms with E-state index < -0.39 is 0 Å². The van der Waals surface area contributed by atoms with Gasteiger partial charge in [0.25, 0.3) is 0 Å². The molecule has 0 aliphatic carbocycles. The number of hydrogen-bond acceptors (Lipinski definition) is 2. The third kappa shape index (κ3) is 10.3. The Labute approximate surface area is 107 Å². The lowest BCUT2D eigenvalue weighted by Gasteiger charge is -2.14. The van der Waals surface area contributed by atoms with E-state index in [0.717, 1.165) is 19.3 Å². The van der Waals surface area contributed by atoms with Crippen LogP contribution in [0.1, 0.15) is 72.6 Å². The summed E-state index contributed by atoms with van der Waals surface area (Å²) < 4.78 is 5.33. The van der Waals surface area contributed by atoms with Crippen LogP contribution in [0.5, 0.6) is 0 Å². The van der Waals surface area contributed by atoms with E-state index in [-0.39, 0.29) is 5.97 Å². The fourth-order valence-corrected chi connectivity index (χ4v) is 1.84. The minimum Gasteiger partial charge on any atom is -0.465 e. The molecule has 2 heteroatoms. The molecule has 0 aliphatic rings. The Balaban J connectivity index is 3.58. The maximum Gasteiger partial charge on any atom is 0.305 e. The minimum absolute atomic E-state index is 0.0133. The number of rotatable bonds is 10. The highest BCUT2D eigenvalue weighted by Gasteiger charge is 2.09. The van der Waals surface area contributed by atoms with Crippen LogP contribution >= 0.6 is 0 Å². The Morgan fingerprint density at radius 1 is 1.12 bits per heavy atom. The monoisotopic (exact) mass is 242 g/mol. The molecule has 0 rings (SSSR count). The maximum absolute atomic E-state index is 11.5. The zero-order valence-electron chi connectivity index (χ0n) is 12.1. The Morgan fingerprint density at radius 3 is 2.35 bits per heavy atom. The van der Waals surface area contributed by atoms with Crippen molar-refractivity contribution in [3.63, 3.8) is 0 Å². The van der Waals surface area contributed by atoms with Crippen LogP contribution in [-0.4, -0.2) is 12.6 Å². The highest BCUT2D eigenvalue weighted by Crippen LogP contribution is 2.14. The quantitative estimate of drug-likeness (QED) is 0.524. The minimum atomic E-state index is -0.0133. The topological polar surface area (TPSA) is 26.3 Å². The Morgan fingerprint density at radius 2 is 1.82 bits per heavy atom. The van der Waals surface area contributed by atoms with Crippen LogP contribution in [0.3, 0.4) is 0 Å². The van der Waals surface area contributed by atoms with Gasteiger partial charge in [0.1, 0.15) is 0 Å². The lowest BCUT2D eigenvalue weighted by atomic mass is 10.0. The summed E-state index contributed by atoms with van der Waals surface area (Å²) in [4.78, 5) is 11.5. The molecule has 0 bridgehead atoms. The van der Waals surface area contributed by atoms with Gasteiger partial charge in [-0.25, -0.2) is 0 Å². The number of unbranched alkanes of at least 4 members (excludes halogenated alkanes) is 1. The molecule has 0 radical (unpaired) electrons. The lowest BCUT2D eigenvalue weighted by Crippen LogP contribution is -2.13. The van der Waals surface area contributed by atoms with E-state index in [9.17, 15) is 4.79 Å². The molecule has 0 amide bonds. The number of carbonyl (C=O) groups is 1. The van der Waals surface area contributed by atoms with Gasteiger partial charge >= 0.3 is 5.97 Å². The molecule has 2 nitrogen and oxygen atoms in total. The van der Waals surface area contributed by atoms with Crippen LogP contribution in [0.4, 0.5) is 0 Å². The van der Waals surface area contributed by atoms with Crippen molar-refractivity contribution in [1.29, 1.82) is 0 Å². The Bertz CT molecular complexity index is 187. The van der Waals surface area contributed by atoms with Gasteiger partial charge in [-0.05, 0) is 24.7 Å². The SMILES string of the molecule is CCCCC(CC)COC(=O)CCCC(C)C. The van der Waals surface area contributed by atoms with Crippen molar-refractivity contribution < 1.29 is 9.53 Å². The van der Waals surface area contributed by atoms with Crippen molar-refractivity contribution in [2.45, 2.75) is 72.6 Å². The fraction of sp³-hybridized carbons (Fsp3) is 0.933. The molecule has 0 fully saturated rings. The van der Waals surface area contributed by atoms with Gasteiger partial charge in [0.15, 0.2) is 0 Å². The largest absolute Gasteiger partial charge is 0.465 e. The summed E-state index contributed by atoms with van der Waals surface area (Å²) in [6.07, 6.45) is 7.42. The predicted molar refractivity (Wildman–Crippen MR) is 73.0 cm³/mol. The van der Waals surface area contributed by atoms with E-state index in [1.165, 1.54) is 19.3 Å². The third-order valence-electron chi connectivity index (χ3n) is 3.19. The molecule has 0 aromatic heterocycles. The predicted octanol–water partition coefficient (Wildman–Crippen LogP) is 4.57. The first kappa shape index (κ1) is 16.5. The lowest BCUT2D eigenvalue weighted by molar-refractivity contribution is -0.145. The van der Waals surface area contributed by atoms with E-state index in [4.69, 9.17) is 4.74 Å². The third-order valence-corrected chi connectivity index (χ3v) is 3.19. The molecule has 17 heavy (non-hydrogen) atoms. The molecule has 0 N–H and O–H groups in total. The summed E-state index contributed by atoms with van der Waals surface area (Å²) in [7, 11) is 0. The van der Waals surface area contributed by atoms with Crippen LogP contribution in [-0.2, 0) is 9.53 Å². The van der Waals surface area contributed by atoms with E-state index in [1.54, 1.807) is 0 Å². The van der Waals surface area contributed by atoms with E-state index in [2.05, 4.69) is 27.7 Å². The van der Waals surface area contributed by atoms with Crippen molar-refractivity contribution in [2.24, 2.45) is 11.8 Å². The zero-order valence-corrected chi connectivity index (χ0v) is 12.1. The molecule has 1 atom stereocenters. The molecule has 0 aliphatic heterocycles. The van der Waals surface area contributed by atoms with Crippen LogP contribution in [0, 0.1) is 11.8 Å². The van der Waals surface area contributed by atoms with Crippen LogP contribution in [0.2, 0.25) is 0 Å². The molecule has 102 valence electrons. The summed E-state index contributed by atoms with van der Waals surface area (Å²) in [6, 6.07) is 0. The van der Waals surface area contributed by atoms with Gasteiger partial charge in [-0.15, -0.1) is 0 Å². The van der Waals surface area contributed by atoms with Crippen molar-refractivity contribution in [3.8, 4) is 0 Å². The van der Waals surface area contributed by atoms with E-state index >= 15 is 0 Å². The second kappa shape index (κ2) is 10.6. The average molecular weight is 242 g/mol. The summed E-state index contributed by atoms with van der Waals surface area (Å²) in [5.41, 5.74) is 0. The summed E-state index contributed by atoms with van der Waals surface area (Å²) in [6.45, 7) is 9.36. The van der Waals surface area contributed by atoms with Crippen LogP contribution in [0.15, 0.2) is 0 Å². The van der Waals surface area contributed by atoms with Gasteiger partial charge in [0, 0.05) is 6.42 Å². The standard InChI is InChI=1S/C15H30O2/c1-5-7-10-14(6-2)12-17-15(16)11-8-9-13(3)4/h13-14H,5-12H2,1-4H3. The summed E-state index contributed by atoms with van der Waals surface area (Å²) in [5, 5.41) is 0. The molecule has 0 spiro atoms. The highest BCUT2D eigenvalue weighted by atomic mass is 16.5. The maximum atomic E-state index is 11.5. The first-order valence-corrected chi connectivity index (χ1v) is 7.25. The molecular weight excluding hydrogens is 212 g/mol. The zero-order chi connectivity index (χ0) is 13.1. The molecule has 0 heterocycles. The van der Waals surface area contributed by atoms with Crippen molar-refractivity contribution in [2.75, 3.05) is 6.61 Å². The average Bonchev–Trinajstić information content (AvgIpc) is 2.29. The molecule has 1 unspecified atom stereocenters. The second-order valence-corrected chi connectivity index (χ2v) is 5.39. The first-order valence-electron chi connectivity index (χ1n) is 7.25. The van der Waals surface area contributed by atoms with Crippen LogP contribution < -0.4 is 0 Å². The number of hydrogen-bond donors (Lipinski definition) is 0. The van der Waals surface area contributed by atoms with Gasteiger partial charge in [0.2, 0.25) is 0 Å². The molecule has 0 aromatic carbocycles. The summed E-state index contributed by atoms with van der Waals surface area (Å²) in [5.74, 6) is 1.22. The normalized spacial score (nSPS) is 12.8. The van der Waals surface area contributed by atoms with Gasteiger partial charge < -0.3 is 4.74 Å². The molecular formula is C15H30O2. The van der Waals surface area contributed by atoms with Crippen molar-refractivity contribution in [1.82, 2.24) is 0 Å². The van der Waals surface area contributed by atoms with Crippen LogP contribution in [0.25, 0.3) is 0 Å². The Hall–Kier alpha value is -0.530. The number of ether oxygens (including phenoxy) is 1. The number of esters is 1. The highest BCUT2D eigenvalue weighted by molar-refractivity contribution is 5.69. The molecule has 0 saturated heterocycles. The van der Waals surface area contributed by atoms with E-state index in [1.807, 2.05) is 0 Å². The van der Waals surface area contributed by atoms with Crippen molar-refractivity contribution in [3.05, 3.63) is 0 Å². The molecule has 0 aromatic rings. The molecule has 0 saturated carbocycles. The fourth-order valence-electron chi connectivity index (χ4n) is 1.84. The number of carbonyl (C=O) groups excluding carboxylic acids is 1. The van der Waals surface area contributed by atoms with Gasteiger partial charge in [-0.1, -0.05) is 53.4 Å². The van der Waals surface area contributed by atoms with E-state index in [0.29, 0.717) is 24.9 Å². The van der Waals surface area contributed by atoms with Crippen molar-refractivity contribution >= 4 is 5.97 Å².